The second kappa shape index (κ2) is 9.13. The minimum Gasteiger partial charge on any atom is -0.507 e. The number of amides is 1. The summed E-state index contributed by atoms with van der Waals surface area (Å²) < 4.78 is 5.48. The summed E-state index contributed by atoms with van der Waals surface area (Å²) in [5.41, 5.74) is 0.631. The lowest BCUT2D eigenvalue weighted by molar-refractivity contribution is -0.132. The number of Topliss-reactive ketones (excluding diaryl/α,β-unsaturated/α-hetero) is 1. The van der Waals surface area contributed by atoms with Gasteiger partial charge in [0, 0.05) is 23.0 Å². The minimum absolute atomic E-state index is 0.0385. The van der Waals surface area contributed by atoms with Crippen LogP contribution in [-0.4, -0.2) is 33.5 Å². The quantitative estimate of drug-likeness (QED) is 0.296. The van der Waals surface area contributed by atoms with E-state index >= 15 is 0 Å². The Balaban J connectivity index is 1.95. The molecular weight excluding hydrogens is 467 g/mol. The first-order valence-electron chi connectivity index (χ1n) is 9.95. The third-order valence-corrected chi connectivity index (χ3v) is 5.72. The zero-order chi connectivity index (χ0) is 23.7. The van der Waals surface area contributed by atoms with Crippen LogP contribution >= 0.6 is 23.2 Å². The van der Waals surface area contributed by atoms with Crippen LogP contribution in [0.4, 0.5) is 5.69 Å². The zero-order valence-electron chi connectivity index (χ0n) is 17.3. The molecule has 4 rings (SSSR count). The first kappa shape index (κ1) is 22.6. The Kier molecular flexibility index (Phi) is 6.26. The molecule has 1 aromatic heterocycles. The highest BCUT2D eigenvalue weighted by Gasteiger charge is 2.47. The normalized spacial score (nSPS) is 17.4. The third kappa shape index (κ3) is 4.13. The van der Waals surface area contributed by atoms with Crippen LogP contribution in [0, 0.1) is 0 Å². The van der Waals surface area contributed by atoms with Gasteiger partial charge in [-0.25, -0.2) is 0 Å². The molecule has 1 saturated heterocycles. The standard InChI is InChI=1S/C24H18Cl2N2O5/c1-2-33-19-11-14(3-5-16(19)26)22(30)20-21(13-7-9-27-10-8-13)28(24(32)23(20)31)17-12-15(25)4-6-18(17)29/h3-12,21,29-30H,2H2,1H3/b22-20+. The second-order valence-corrected chi connectivity index (χ2v) is 8.00. The fourth-order valence-corrected chi connectivity index (χ4v) is 4.04. The van der Waals surface area contributed by atoms with Gasteiger partial charge in [-0.15, -0.1) is 0 Å². The van der Waals surface area contributed by atoms with E-state index in [2.05, 4.69) is 4.98 Å². The Morgan fingerprint density at radius 2 is 1.82 bits per heavy atom. The number of carbonyl (C=O) groups excluding carboxylic acids is 2. The maximum atomic E-state index is 13.2. The van der Waals surface area contributed by atoms with Crippen LogP contribution in [0.25, 0.3) is 5.76 Å². The number of rotatable bonds is 5. The van der Waals surface area contributed by atoms with Crippen molar-refractivity contribution in [3.8, 4) is 11.5 Å². The van der Waals surface area contributed by atoms with Crippen LogP contribution in [0.15, 0.2) is 66.5 Å². The predicted octanol–water partition coefficient (Wildman–Crippen LogP) is 5.12. The number of aliphatic hydroxyl groups is 1. The zero-order valence-corrected chi connectivity index (χ0v) is 18.8. The van der Waals surface area contributed by atoms with Gasteiger partial charge in [0.05, 0.1) is 28.9 Å². The molecule has 1 amide bonds. The number of halogens is 2. The summed E-state index contributed by atoms with van der Waals surface area (Å²) in [6.07, 6.45) is 3.01. The number of benzene rings is 2. The van der Waals surface area contributed by atoms with Crippen LogP contribution in [0.2, 0.25) is 10.0 Å². The summed E-state index contributed by atoms with van der Waals surface area (Å²) in [4.78, 5) is 31.4. The van der Waals surface area contributed by atoms with E-state index in [0.717, 1.165) is 4.90 Å². The van der Waals surface area contributed by atoms with Gasteiger partial charge >= 0.3 is 0 Å². The maximum absolute atomic E-state index is 13.2. The number of ether oxygens (including phenoxy) is 1. The summed E-state index contributed by atoms with van der Waals surface area (Å²) in [5.74, 6) is -2.16. The molecule has 0 aliphatic carbocycles. The SMILES string of the molecule is CCOc1cc(/C(O)=C2\C(=O)C(=O)N(c3cc(Cl)ccc3O)C2c2ccncc2)ccc1Cl. The number of carbonyl (C=O) groups is 2. The smallest absolute Gasteiger partial charge is 0.300 e. The average Bonchev–Trinajstić information content (AvgIpc) is 3.07. The van der Waals surface area contributed by atoms with Crippen molar-refractivity contribution in [2.75, 3.05) is 11.5 Å². The number of hydrogen-bond acceptors (Lipinski definition) is 6. The number of hydrogen-bond donors (Lipinski definition) is 2. The van der Waals surface area contributed by atoms with Crippen molar-refractivity contribution >= 4 is 46.3 Å². The van der Waals surface area contributed by atoms with Crippen molar-refractivity contribution in [2.24, 2.45) is 0 Å². The lowest BCUT2D eigenvalue weighted by Crippen LogP contribution is -2.29. The van der Waals surface area contributed by atoms with E-state index in [4.69, 9.17) is 27.9 Å². The van der Waals surface area contributed by atoms with Crippen LogP contribution < -0.4 is 9.64 Å². The van der Waals surface area contributed by atoms with Crippen molar-refractivity contribution < 1.29 is 24.5 Å². The molecule has 33 heavy (non-hydrogen) atoms. The summed E-state index contributed by atoms with van der Waals surface area (Å²) in [6, 6.07) is 10.9. The number of ketones is 1. The number of nitrogens with zero attached hydrogens (tertiary/aromatic N) is 2. The van der Waals surface area contributed by atoms with E-state index in [9.17, 15) is 19.8 Å². The molecule has 2 heterocycles. The van der Waals surface area contributed by atoms with Gasteiger partial charge in [0.15, 0.2) is 0 Å². The molecule has 0 radical (unpaired) electrons. The van der Waals surface area contributed by atoms with E-state index in [0.29, 0.717) is 22.9 Å². The Hall–Kier alpha value is -3.55. The molecule has 3 aromatic rings. The summed E-state index contributed by atoms with van der Waals surface area (Å²) in [5, 5.41) is 22.2. The number of aromatic hydroxyl groups is 1. The number of pyridine rings is 1. The molecule has 168 valence electrons. The predicted molar refractivity (Wildman–Crippen MR) is 125 cm³/mol. The molecule has 1 aliphatic rings. The van der Waals surface area contributed by atoms with Crippen LogP contribution in [-0.2, 0) is 9.59 Å². The van der Waals surface area contributed by atoms with Gasteiger partial charge in [-0.3, -0.25) is 19.5 Å². The fourth-order valence-electron chi connectivity index (χ4n) is 3.70. The van der Waals surface area contributed by atoms with E-state index < -0.39 is 23.5 Å². The van der Waals surface area contributed by atoms with E-state index in [-0.39, 0.29) is 27.6 Å². The topological polar surface area (TPSA) is 100.0 Å². The summed E-state index contributed by atoms with van der Waals surface area (Å²) >= 11 is 12.3. The molecule has 1 unspecified atom stereocenters. The van der Waals surface area contributed by atoms with Gasteiger partial charge in [-0.05, 0) is 61.0 Å². The van der Waals surface area contributed by atoms with Gasteiger partial charge in [-0.1, -0.05) is 23.2 Å². The van der Waals surface area contributed by atoms with Crippen molar-refractivity contribution in [1.82, 2.24) is 4.98 Å². The average molecular weight is 485 g/mol. The highest BCUT2D eigenvalue weighted by molar-refractivity contribution is 6.52. The van der Waals surface area contributed by atoms with Crippen molar-refractivity contribution in [3.05, 3.63) is 87.7 Å². The van der Waals surface area contributed by atoms with Crippen molar-refractivity contribution in [2.45, 2.75) is 13.0 Å². The second-order valence-electron chi connectivity index (χ2n) is 7.16. The molecule has 0 bridgehead atoms. The van der Waals surface area contributed by atoms with Crippen LogP contribution in [0.5, 0.6) is 11.5 Å². The van der Waals surface area contributed by atoms with Gasteiger partial charge in [0.25, 0.3) is 11.7 Å². The van der Waals surface area contributed by atoms with E-state index in [1.165, 1.54) is 48.8 Å². The lowest BCUT2D eigenvalue weighted by Gasteiger charge is -2.26. The maximum Gasteiger partial charge on any atom is 0.300 e. The van der Waals surface area contributed by atoms with Crippen molar-refractivity contribution in [1.29, 1.82) is 0 Å². The number of anilines is 1. The van der Waals surface area contributed by atoms with Crippen LogP contribution in [0.1, 0.15) is 24.1 Å². The Morgan fingerprint density at radius 3 is 2.52 bits per heavy atom. The molecule has 0 saturated carbocycles. The van der Waals surface area contributed by atoms with Gasteiger partial charge in [0.1, 0.15) is 17.3 Å². The number of aliphatic hydroxyl groups excluding tert-OH is 1. The highest BCUT2D eigenvalue weighted by atomic mass is 35.5. The van der Waals surface area contributed by atoms with Gasteiger partial charge in [0.2, 0.25) is 0 Å². The molecule has 1 atom stereocenters. The molecule has 1 aliphatic heterocycles. The van der Waals surface area contributed by atoms with Crippen molar-refractivity contribution in [3.63, 3.8) is 0 Å². The molecule has 2 aromatic carbocycles. The molecule has 2 N–H and O–H groups in total. The minimum atomic E-state index is -1.04. The Morgan fingerprint density at radius 1 is 1.09 bits per heavy atom. The van der Waals surface area contributed by atoms with E-state index in [1.54, 1.807) is 19.1 Å². The Bertz CT molecular complexity index is 1280. The van der Waals surface area contributed by atoms with E-state index in [1.807, 2.05) is 0 Å². The Labute approximate surface area is 199 Å². The lowest BCUT2D eigenvalue weighted by atomic mass is 9.95. The largest absolute Gasteiger partial charge is 0.507 e. The van der Waals surface area contributed by atoms with Gasteiger partial charge in [-0.2, -0.15) is 0 Å². The third-order valence-electron chi connectivity index (χ3n) is 5.17. The van der Waals surface area contributed by atoms with Gasteiger partial charge < -0.3 is 14.9 Å². The fraction of sp³-hybridized carbons (Fsp3) is 0.125. The first-order valence-corrected chi connectivity index (χ1v) is 10.7. The molecular formula is C24H18Cl2N2O5. The summed E-state index contributed by atoms with van der Waals surface area (Å²) in [7, 11) is 0. The number of phenolic OH excluding ortho intramolecular Hbond substituents is 1. The molecule has 7 nitrogen and oxygen atoms in total. The number of aromatic nitrogens is 1. The molecule has 1 fully saturated rings. The molecule has 0 spiro atoms. The monoisotopic (exact) mass is 484 g/mol. The highest BCUT2D eigenvalue weighted by Crippen LogP contribution is 2.45. The number of phenols is 1. The first-order chi connectivity index (χ1) is 15.8. The summed E-state index contributed by atoms with van der Waals surface area (Å²) in [6.45, 7) is 2.13. The molecule has 9 heteroatoms. The van der Waals surface area contributed by atoms with Crippen LogP contribution in [0.3, 0.4) is 0 Å².